The van der Waals surface area contributed by atoms with E-state index in [1.165, 1.54) is 0 Å². The van der Waals surface area contributed by atoms with Gasteiger partial charge in [0.15, 0.2) is 0 Å². The maximum Gasteiger partial charge on any atom is 0.321 e. The molecule has 0 radical (unpaired) electrons. The average molecular weight is 229 g/mol. The summed E-state index contributed by atoms with van der Waals surface area (Å²) < 4.78 is 9.31. The van der Waals surface area contributed by atoms with Crippen LogP contribution in [0.3, 0.4) is 0 Å². The third-order valence-electron chi connectivity index (χ3n) is 1.03. The molecule has 0 aliphatic rings. The molecule has 4 nitrogen and oxygen atoms in total. The number of carbonyl (C=O) groups excluding carboxylic acids is 2. The molecule has 76 valence electrons. The van der Waals surface area contributed by atoms with Gasteiger partial charge in [0, 0.05) is 0 Å². The van der Waals surface area contributed by atoms with Crippen LogP contribution in [0.2, 0.25) is 0 Å². The van der Waals surface area contributed by atoms with Crippen molar-refractivity contribution < 1.29 is 19.1 Å². The van der Waals surface area contributed by atoms with Crippen LogP contribution in [-0.2, 0) is 19.1 Å². The molecule has 0 heterocycles. The summed E-state index contributed by atoms with van der Waals surface area (Å²) in [6.07, 6.45) is -0.501. The molecule has 6 heteroatoms. The zero-order chi connectivity index (χ0) is 10.3. The molecule has 0 spiro atoms. The average Bonchev–Trinajstić information content (AvgIpc) is 2.13. The molecule has 0 amide bonds. The lowest BCUT2D eigenvalue weighted by molar-refractivity contribution is -0.154. The van der Waals surface area contributed by atoms with Crippen molar-refractivity contribution in [2.75, 3.05) is 18.4 Å². The van der Waals surface area contributed by atoms with Gasteiger partial charge in [-0.25, -0.2) is 0 Å². The Hall–Kier alpha value is -0.480. The second kappa shape index (κ2) is 6.97. The van der Waals surface area contributed by atoms with Crippen molar-refractivity contribution in [2.45, 2.75) is 13.0 Å². The highest BCUT2D eigenvalue weighted by Gasteiger charge is 2.10. The first kappa shape index (κ1) is 12.5. The summed E-state index contributed by atoms with van der Waals surface area (Å²) in [5.41, 5.74) is 0. The SMILES string of the molecule is CC(COC(=O)CCl)OC(=O)CCl. The summed E-state index contributed by atoms with van der Waals surface area (Å²) in [5.74, 6) is -1.52. The summed E-state index contributed by atoms with van der Waals surface area (Å²) in [5, 5.41) is 0. The van der Waals surface area contributed by atoms with Crippen LogP contribution in [0, 0.1) is 0 Å². The predicted octanol–water partition coefficient (Wildman–Crippen LogP) is 0.939. The second-order valence-corrected chi connectivity index (χ2v) is 2.79. The molecular weight excluding hydrogens is 219 g/mol. The number of esters is 2. The van der Waals surface area contributed by atoms with Gasteiger partial charge in [0.1, 0.15) is 24.5 Å². The molecule has 0 fully saturated rings. The Bertz CT molecular complexity index is 183. The van der Waals surface area contributed by atoms with Crippen LogP contribution in [0.1, 0.15) is 6.92 Å². The Morgan fingerprint density at radius 1 is 1.23 bits per heavy atom. The van der Waals surface area contributed by atoms with Crippen molar-refractivity contribution in [3.8, 4) is 0 Å². The van der Waals surface area contributed by atoms with E-state index in [2.05, 4.69) is 4.74 Å². The first-order valence-corrected chi connectivity index (χ1v) is 4.64. The fourth-order valence-electron chi connectivity index (χ4n) is 0.539. The lowest BCUT2D eigenvalue weighted by Crippen LogP contribution is -2.23. The number of halogens is 2. The Kier molecular flexibility index (Phi) is 6.72. The number of carbonyl (C=O) groups is 2. The summed E-state index contributed by atoms with van der Waals surface area (Å²) in [6.45, 7) is 1.58. The minimum absolute atomic E-state index is 0.00577. The topological polar surface area (TPSA) is 52.6 Å². The minimum atomic E-state index is -0.546. The fraction of sp³-hybridized carbons (Fsp3) is 0.714. The van der Waals surface area contributed by atoms with E-state index in [9.17, 15) is 9.59 Å². The number of hydrogen-bond donors (Lipinski definition) is 0. The zero-order valence-electron chi connectivity index (χ0n) is 7.09. The van der Waals surface area contributed by atoms with Gasteiger partial charge < -0.3 is 9.47 Å². The van der Waals surface area contributed by atoms with Crippen LogP contribution < -0.4 is 0 Å². The molecule has 0 saturated carbocycles. The van der Waals surface area contributed by atoms with Crippen LogP contribution in [0.25, 0.3) is 0 Å². The first-order chi connectivity index (χ1) is 6.10. The molecule has 0 aromatic heterocycles. The van der Waals surface area contributed by atoms with Gasteiger partial charge in [-0.2, -0.15) is 0 Å². The fourth-order valence-corrected chi connectivity index (χ4v) is 0.679. The van der Waals surface area contributed by atoms with Crippen molar-refractivity contribution in [1.29, 1.82) is 0 Å². The van der Waals surface area contributed by atoms with Crippen LogP contribution >= 0.6 is 23.2 Å². The number of ether oxygens (including phenoxy) is 2. The van der Waals surface area contributed by atoms with Crippen molar-refractivity contribution in [3.05, 3.63) is 0 Å². The van der Waals surface area contributed by atoms with Gasteiger partial charge >= 0.3 is 11.9 Å². The van der Waals surface area contributed by atoms with Crippen molar-refractivity contribution in [1.82, 2.24) is 0 Å². The summed E-state index contributed by atoms with van der Waals surface area (Å²) >= 11 is 10.3. The number of alkyl halides is 2. The summed E-state index contributed by atoms with van der Waals surface area (Å²) in [4.78, 5) is 21.2. The number of hydrogen-bond acceptors (Lipinski definition) is 4. The lowest BCUT2D eigenvalue weighted by Gasteiger charge is -2.11. The van der Waals surface area contributed by atoms with E-state index in [0.717, 1.165) is 0 Å². The third kappa shape index (κ3) is 6.66. The predicted molar refractivity (Wildman–Crippen MR) is 48.0 cm³/mol. The second-order valence-electron chi connectivity index (χ2n) is 2.25. The molecule has 0 aliphatic carbocycles. The van der Waals surface area contributed by atoms with Crippen molar-refractivity contribution in [3.63, 3.8) is 0 Å². The van der Waals surface area contributed by atoms with Crippen LogP contribution in [-0.4, -0.2) is 36.4 Å². The van der Waals surface area contributed by atoms with Crippen LogP contribution in [0.15, 0.2) is 0 Å². The van der Waals surface area contributed by atoms with Gasteiger partial charge in [0.2, 0.25) is 0 Å². The van der Waals surface area contributed by atoms with E-state index in [0.29, 0.717) is 0 Å². The quantitative estimate of drug-likeness (QED) is 0.520. The van der Waals surface area contributed by atoms with Gasteiger partial charge in [0.05, 0.1) is 0 Å². The van der Waals surface area contributed by atoms with E-state index in [4.69, 9.17) is 27.9 Å². The molecule has 0 N–H and O–H groups in total. The largest absolute Gasteiger partial charge is 0.461 e. The smallest absolute Gasteiger partial charge is 0.321 e. The molecule has 0 aromatic rings. The van der Waals surface area contributed by atoms with Crippen LogP contribution in [0.5, 0.6) is 0 Å². The highest BCUT2D eigenvalue weighted by Crippen LogP contribution is 1.95. The third-order valence-corrected chi connectivity index (χ3v) is 1.47. The first-order valence-electron chi connectivity index (χ1n) is 3.57. The molecule has 0 aromatic carbocycles. The van der Waals surface area contributed by atoms with Crippen LogP contribution in [0.4, 0.5) is 0 Å². The molecule has 1 unspecified atom stereocenters. The Balaban J connectivity index is 3.56. The molecule has 1 atom stereocenters. The Labute approximate surface area is 86.1 Å². The molecule has 0 aliphatic heterocycles. The van der Waals surface area contributed by atoms with Gasteiger partial charge in [-0.1, -0.05) is 0 Å². The molecule has 13 heavy (non-hydrogen) atoms. The van der Waals surface area contributed by atoms with E-state index in [1.54, 1.807) is 6.92 Å². The van der Waals surface area contributed by atoms with Gasteiger partial charge in [-0.3, -0.25) is 9.59 Å². The van der Waals surface area contributed by atoms with E-state index >= 15 is 0 Å². The van der Waals surface area contributed by atoms with Gasteiger partial charge in [0.25, 0.3) is 0 Å². The molecule has 0 saturated heterocycles. The van der Waals surface area contributed by atoms with E-state index in [-0.39, 0.29) is 18.4 Å². The standard InChI is InChI=1S/C7H10Cl2O4/c1-5(13-7(11)3-9)4-12-6(10)2-8/h5H,2-4H2,1H3. The highest BCUT2D eigenvalue weighted by molar-refractivity contribution is 6.26. The summed E-state index contributed by atoms with van der Waals surface area (Å²) in [6, 6.07) is 0. The lowest BCUT2D eigenvalue weighted by atomic mass is 10.4. The zero-order valence-corrected chi connectivity index (χ0v) is 8.60. The molecule has 0 rings (SSSR count). The maximum absolute atomic E-state index is 10.6. The van der Waals surface area contributed by atoms with Gasteiger partial charge in [-0.15, -0.1) is 23.2 Å². The Morgan fingerprint density at radius 3 is 2.23 bits per heavy atom. The van der Waals surface area contributed by atoms with Crippen molar-refractivity contribution in [2.24, 2.45) is 0 Å². The maximum atomic E-state index is 10.6. The van der Waals surface area contributed by atoms with E-state index in [1.807, 2.05) is 0 Å². The molecular formula is C7H10Cl2O4. The normalized spacial score (nSPS) is 11.9. The van der Waals surface area contributed by atoms with Crippen molar-refractivity contribution >= 4 is 35.1 Å². The summed E-state index contributed by atoms with van der Waals surface area (Å²) in [7, 11) is 0. The molecule has 0 bridgehead atoms. The number of rotatable bonds is 5. The van der Waals surface area contributed by atoms with E-state index < -0.39 is 18.0 Å². The minimum Gasteiger partial charge on any atom is -0.461 e. The highest BCUT2D eigenvalue weighted by atomic mass is 35.5. The monoisotopic (exact) mass is 228 g/mol. The Morgan fingerprint density at radius 2 is 1.77 bits per heavy atom. The van der Waals surface area contributed by atoms with Gasteiger partial charge in [-0.05, 0) is 6.92 Å².